The molecule has 98 valence electrons. The predicted molar refractivity (Wildman–Crippen MR) is 75.3 cm³/mol. The van der Waals surface area contributed by atoms with Crippen LogP contribution < -0.4 is 4.31 Å². The molecule has 0 fully saturated rings. The van der Waals surface area contributed by atoms with Crippen molar-refractivity contribution in [2.45, 2.75) is 11.3 Å². The highest BCUT2D eigenvalue weighted by Crippen LogP contribution is 2.17. The molecule has 0 radical (unpaired) electrons. The van der Waals surface area contributed by atoms with Crippen molar-refractivity contribution in [1.82, 2.24) is 4.98 Å². The van der Waals surface area contributed by atoms with Gasteiger partial charge in [-0.05, 0) is 29.8 Å². The van der Waals surface area contributed by atoms with E-state index in [-0.39, 0.29) is 0 Å². The molecule has 0 aliphatic carbocycles. The first-order chi connectivity index (χ1) is 9.22. The predicted octanol–water partition coefficient (Wildman–Crippen LogP) is 1.98. The number of hydrogen-bond donors (Lipinski definition) is 0. The SMILES string of the molecule is CN(c1cccnc1)S(=O)c1ccc(CC=O)cc1. The van der Waals surface area contributed by atoms with Crippen molar-refractivity contribution in [3.05, 3.63) is 54.4 Å². The van der Waals surface area contributed by atoms with E-state index < -0.39 is 11.0 Å². The lowest BCUT2D eigenvalue weighted by atomic mass is 10.2. The van der Waals surface area contributed by atoms with Crippen LogP contribution in [-0.2, 0) is 22.2 Å². The Morgan fingerprint density at radius 2 is 2.00 bits per heavy atom. The van der Waals surface area contributed by atoms with E-state index in [1.54, 1.807) is 41.9 Å². The van der Waals surface area contributed by atoms with Gasteiger partial charge in [-0.1, -0.05) is 12.1 Å². The molecule has 2 aromatic rings. The van der Waals surface area contributed by atoms with E-state index in [0.29, 0.717) is 11.3 Å². The highest BCUT2D eigenvalue weighted by molar-refractivity contribution is 7.86. The fourth-order valence-corrected chi connectivity index (χ4v) is 2.62. The maximum Gasteiger partial charge on any atom is 0.152 e. The molecule has 0 amide bonds. The van der Waals surface area contributed by atoms with Crippen molar-refractivity contribution in [3.63, 3.8) is 0 Å². The third-order valence-electron chi connectivity index (χ3n) is 2.70. The molecule has 0 aliphatic rings. The molecule has 1 atom stereocenters. The topological polar surface area (TPSA) is 50.3 Å². The van der Waals surface area contributed by atoms with E-state index in [2.05, 4.69) is 4.98 Å². The van der Waals surface area contributed by atoms with Gasteiger partial charge in [0.25, 0.3) is 0 Å². The standard InChI is InChI=1S/C14H14N2O2S/c1-16(13-3-2-9-15-11-13)19(18)14-6-4-12(5-7-14)8-10-17/h2-7,9-11H,8H2,1H3. The van der Waals surface area contributed by atoms with Gasteiger partial charge < -0.3 is 4.79 Å². The van der Waals surface area contributed by atoms with Gasteiger partial charge in [0, 0.05) is 19.7 Å². The number of rotatable bonds is 5. The van der Waals surface area contributed by atoms with Crippen LogP contribution in [0, 0.1) is 0 Å². The van der Waals surface area contributed by atoms with Gasteiger partial charge in [0.05, 0.1) is 16.8 Å². The molecular formula is C14H14N2O2S. The highest BCUT2D eigenvalue weighted by atomic mass is 32.2. The zero-order valence-corrected chi connectivity index (χ0v) is 11.3. The zero-order valence-electron chi connectivity index (χ0n) is 10.5. The van der Waals surface area contributed by atoms with E-state index in [9.17, 15) is 9.00 Å². The molecule has 0 bridgehead atoms. The summed E-state index contributed by atoms with van der Waals surface area (Å²) in [5.41, 5.74) is 1.71. The Morgan fingerprint density at radius 1 is 1.26 bits per heavy atom. The molecule has 1 aromatic heterocycles. The number of nitrogens with zero attached hydrogens (tertiary/aromatic N) is 2. The molecule has 2 rings (SSSR count). The van der Waals surface area contributed by atoms with Crippen LogP contribution in [-0.4, -0.2) is 22.5 Å². The lowest BCUT2D eigenvalue weighted by Crippen LogP contribution is -2.20. The minimum atomic E-state index is -1.29. The summed E-state index contributed by atoms with van der Waals surface area (Å²) in [6.45, 7) is 0. The quantitative estimate of drug-likeness (QED) is 0.783. The van der Waals surface area contributed by atoms with Gasteiger partial charge in [-0.2, -0.15) is 0 Å². The first-order valence-electron chi connectivity index (χ1n) is 5.80. The number of pyridine rings is 1. The minimum absolute atomic E-state index is 0.380. The lowest BCUT2D eigenvalue weighted by molar-refractivity contribution is -0.107. The Kier molecular flexibility index (Phi) is 4.41. The van der Waals surface area contributed by atoms with E-state index in [1.807, 2.05) is 18.2 Å². The fourth-order valence-electron chi connectivity index (χ4n) is 1.63. The third kappa shape index (κ3) is 3.26. The van der Waals surface area contributed by atoms with Crippen molar-refractivity contribution in [3.8, 4) is 0 Å². The van der Waals surface area contributed by atoms with Gasteiger partial charge in [0.15, 0.2) is 11.0 Å². The zero-order chi connectivity index (χ0) is 13.7. The maximum absolute atomic E-state index is 12.4. The number of benzene rings is 1. The maximum atomic E-state index is 12.4. The molecule has 19 heavy (non-hydrogen) atoms. The van der Waals surface area contributed by atoms with Crippen molar-refractivity contribution in [2.75, 3.05) is 11.4 Å². The molecule has 0 saturated heterocycles. The van der Waals surface area contributed by atoms with Crippen LogP contribution in [0.2, 0.25) is 0 Å². The molecule has 0 N–H and O–H groups in total. The van der Waals surface area contributed by atoms with Crippen molar-refractivity contribution < 1.29 is 9.00 Å². The summed E-state index contributed by atoms with van der Waals surface area (Å²) >= 11 is 0. The molecule has 4 nitrogen and oxygen atoms in total. The van der Waals surface area contributed by atoms with Crippen LogP contribution >= 0.6 is 0 Å². The summed E-state index contributed by atoms with van der Waals surface area (Å²) in [4.78, 5) is 15.1. The number of anilines is 1. The van der Waals surface area contributed by atoms with Crippen LogP contribution in [0.25, 0.3) is 0 Å². The Labute approximate surface area is 114 Å². The van der Waals surface area contributed by atoms with Crippen molar-refractivity contribution in [1.29, 1.82) is 0 Å². The van der Waals surface area contributed by atoms with E-state index in [1.165, 1.54) is 0 Å². The smallest absolute Gasteiger partial charge is 0.152 e. The van der Waals surface area contributed by atoms with Crippen LogP contribution in [0.4, 0.5) is 5.69 Å². The van der Waals surface area contributed by atoms with Gasteiger partial charge >= 0.3 is 0 Å². The second kappa shape index (κ2) is 6.24. The Bertz CT molecular complexity index is 570. The first kappa shape index (κ1) is 13.4. The van der Waals surface area contributed by atoms with Crippen LogP contribution in [0.5, 0.6) is 0 Å². The van der Waals surface area contributed by atoms with Gasteiger partial charge in [0.2, 0.25) is 0 Å². The molecule has 1 aromatic carbocycles. The average molecular weight is 274 g/mol. The number of carbonyl (C=O) groups excluding carboxylic acids is 1. The van der Waals surface area contributed by atoms with Crippen LogP contribution in [0.15, 0.2) is 53.7 Å². The molecule has 0 spiro atoms. The summed E-state index contributed by atoms with van der Waals surface area (Å²) in [5.74, 6) is 0. The molecule has 5 heteroatoms. The summed E-state index contributed by atoms with van der Waals surface area (Å²) in [6, 6.07) is 10.9. The molecule has 0 aliphatic heterocycles. The van der Waals surface area contributed by atoms with Gasteiger partial charge in [-0.25, -0.2) is 4.21 Å². The van der Waals surface area contributed by atoms with Crippen LogP contribution in [0.3, 0.4) is 0 Å². The summed E-state index contributed by atoms with van der Waals surface area (Å²) in [7, 11) is 0.470. The molecule has 1 heterocycles. The monoisotopic (exact) mass is 274 g/mol. The lowest BCUT2D eigenvalue weighted by Gasteiger charge is -2.17. The van der Waals surface area contributed by atoms with Gasteiger partial charge in [-0.3, -0.25) is 9.29 Å². The summed E-state index contributed by atoms with van der Waals surface area (Å²) in [5, 5.41) is 0. The molecular weight excluding hydrogens is 260 g/mol. The molecule has 0 saturated carbocycles. The Balaban J connectivity index is 2.17. The molecule has 1 unspecified atom stereocenters. The number of carbonyl (C=O) groups is 1. The van der Waals surface area contributed by atoms with E-state index in [0.717, 1.165) is 17.5 Å². The Morgan fingerprint density at radius 3 is 2.58 bits per heavy atom. The van der Waals surface area contributed by atoms with Crippen molar-refractivity contribution in [2.24, 2.45) is 0 Å². The number of aldehydes is 1. The van der Waals surface area contributed by atoms with E-state index >= 15 is 0 Å². The van der Waals surface area contributed by atoms with Gasteiger partial charge in [0.1, 0.15) is 6.29 Å². The third-order valence-corrected chi connectivity index (χ3v) is 4.09. The van der Waals surface area contributed by atoms with Crippen LogP contribution in [0.1, 0.15) is 5.56 Å². The minimum Gasteiger partial charge on any atom is -0.303 e. The Hall–Kier alpha value is -2.01. The normalized spacial score (nSPS) is 11.8. The van der Waals surface area contributed by atoms with E-state index in [4.69, 9.17) is 0 Å². The summed E-state index contributed by atoms with van der Waals surface area (Å²) < 4.78 is 14.0. The fraction of sp³-hybridized carbons (Fsp3) is 0.143. The average Bonchev–Trinajstić information content (AvgIpc) is 2.48. The first-order valence-corrected chi connectivity index (χ1v) is 6.91. The summed E-state index contributed by atoms with van der Waals surface area (Å²) in [6.07, 6.45) is 4.58. The highest BCUT2D eigenvalue weighted by Gasteiger charge is 2.11. The second-order valence-electron chi connectivity index (χ2n) is 3.97. The van der Waals surface area contributed by atoms with Gasteiger partial charge in [-0.15, -0.1) is 0 Å². The number of aromatic nitrogens is 1. The number of hydrogen-bond acceptors (Lipinski definition) is 3. The van der Waals surface area contributed by atoms with Crippen molar-refractivity contribution >= 4 is 23.0 Å². The largest absolute Gasteiger partial charge is 0.303 e. The second-order valence-corrected chi connectivity index (χ2v) is 5.49.